The molecule has 1 atom stereocenters. The van der Waals surface area contributed by atoms with E-state index in [9.17, 15) is 4.79 Å². The summed E-state index contributed by atoms with van der Waals surface area (Å²) in [5.74, 6) is 2.63. The fourth-order valence-corrected chi connectivity index (χ4v) is 1.79. The molecule has 0 aromatic carbocycles. The van der Waals surface area contributed by atoms with Crippen molar-refractivity contribution in [3.05, 3.63) is 0 Å². The molecule has 1 unspecified atom stereocenters. The topological polar surface area (TPSA) is 29.1 Å². The minimum absolute atomic E-state index is 0.121. The molecule has 1 aliphatic rings. The summed E-state index contributed by atoms with van der Waals surface area (Å²) in [5.41, 5.74) is -0.162. The van der Waals surface area contributed by atoms with Crippen LogP contribution in [0.4, 0.5) is 0 Å². The maximum Gasteiger partial charge on any atom is 0.226 e. The molecule has 13 heavy (non-hydrogen) atoms. The largest absolute Gasteiger partial charge is 0.342 e. The molecule has 0 radical (unpaired) electrons. The van der Waals surface area contributed by atoms with Gasteiger partial charge in [-0.05, 0) is 19.8 Å². The van der Waals surface area contributed by atoms with Crippen LogP contribution in [0.3, 0.4) is 0 Å². The lowest BCUT2D eigenvalue weighted by molar-refractivity contribution is -0.130. The van der Waals surface area contributed by atoms with E-state index in [1.807, 2.05) is 13.8 Å². The highest BCUT2D eigenvalue weighted by atomic mass is 16.2. The van der Waals surface area contributed by atoms with Gasteiger partial charge in [-0.1, -0.05) is 25.7 Å². The van der Waals surface area contributed by atoms with Crippen LogP contribution in [0.5, 0.6) is 0 Å². The van der Waals surface area contributed by atoms with Gasteiger partial charge in [0.2, 0.25) is 5.91 Å². The summed E-state index contributed by atoms with van der Waals surface area (Å²) in [6.45, 7) is 3.86. The standard InChI is InChI=1S/C11H17NO/c1-4-9(2)12-10(13)11(3)7-5-6-8-11/h1,9H,5-8H2,2-3H3,(H,12,13). The lowest BCUT2D eigenvalue weighted by Gasteiger charge is -2.23. The number of hydrogen-bond donors (Lipinski definition) is 1. The zero-order valence-electron chi connectivity index (χ0n) is 8.39. The lowest BCUT2D eigenvalue weighted by Crippen LogP contribution is -2.41. The fourth-order valence-electron chi connectivity index (χ4n) is 1.79. The highest BCUT2D eigenvalue weighted by Gasteiger charge is 2.36. The highest BCUT2D eigenvalue weighted by Crippen LogP contribution is 2.37. The predicted octanol–water partition coefficient (Wildman–Crippen LogP) is 1.70. The molecular weight excluding hydrogens is 162 g/mol. The van der Waals surface area contributed by atoms with Crippen molar-refractivity contribution >= 4 is 5.91 Å². The van der Waals surface area contributed by atoms with Crippen LogP contribution in [0.15, 0.2) is 0 Å². The molecule has 0 spiro atoms. The van der Waals surface area contributed by atoms with Crippen LogP contribution in [0.2, 0.25) is 0 Å². The van der Waals surface area contributed by atoms with Crippen LogP contribution in [-0.4, -0.2) is 11.9 Å². The van der Waals surface area contributed by atoms with Crippen molar-refractivity contribution < 1.29 is 4.79 Å². The Morgan fingerprint density at radius 2 is 2.08 bits per heavy atom. The van der Waals surface area contributed by atoms with Crippen LogP contribution in [-0.2, 0) is 4.79 Å². The molecule has 0 bridgehead atoms. The van der Waals surface area contributed by atoms with Gasteiger partial charge >= 0.3 is 0 Å². The van der Waals surface area contributed by atoms with Gasteiger partial charge < -0.3 is 5.32 Å². The molecule has 2 nitrogen and oxygen atoms in total. The summed E-state index contributed by atoms with van der Waals surface area (Å²) in [6, 6.07) is -0.148. The SMILES string of the molecule is C#CC(C)NC(=O)C1(C)CCCC1. The highest BCUT2D eigenvalue weighted by molar-refractivity contribution is 5.83. The van der Waals surface area contributed by atoms with Crippen LogP contribution in [0, 0.1) is 17.8 Å². The van der Waals surface area contributed by atoms with Crippen LogP contribution < -0.4 is 5.32 Å². The van der Waals surface area contributed by atoms with E-state index in [1.54, 1.807) is 0 Å². The number of hydrogen-bond acceptors (Lipinski definition) is 1. The molecular formula is C11H17NO. The summed E-state index contributed by atoms with van der Waals surface area (Å²) < 4.78 is 0. The van der Waals surface area contributed by atoms with Gasteiger partial charge in [-0.2, -0.15) is 0 Å². The Hall–Kier alpha value is -0.970. The Balaban J connectivity index is 2.52. The molecule has 0 heterocycles. The molecule has 1 N–H and O–H groups in total. The normalized spacial score (nSPS) is 21.9. The first-order chi connectivity index (χ1) is 6.08. The molecule has 1 saturated carbocycles. The second-order valence-corrected chi connectivity index (χ2v) is 4.13. The summed E-state index contributed by atoms with van der Waals surface area (Å²) in [7, 11) is 0. The maximum absolute atomic E-state index is 11.7. The monoisotopic (exact) mass is 179 g/mol. The van der Waals surface area contributed by atoms with Crippen molar-refractivity contribution in [1.29, 1.82) is 0 Å². The van der Waals surface area contributed by atoms with E-state index >= 15 is 0 Å². The molecule has 1 rings (SSSR count). The zero-order chi connectivity index (χ0) is 9.90. The molecule has 0 aromatic rings. The second-order valence-electron chi connectivity index (χ2n) is 4.13. The van der Waals surface area contributed by atoms with E-state index in [2.05, 4.69) is 11.2 Å². The molecule has 1 amide bonds. The van der Waals surface area contributed by atoms with Crippen molar-refractivity contribution in [3.63, 3.8) is 0 Å². The van der Waals surface area contributed by atoms with Gasteiger partial charge in [0.05, 0.1) is 6.04 Å². The number of carbonyl (C=O) groups excluding carboxylic acids is 1. The van der Waals surface area contributed by atoms with E-state index in [4.69, 9.17) is 6.42 Å². The van der Waals surface area contributed by atoms with E-state index in [0.717, 1.165) is 25.7 Å². The molecule has 0 saturated heterocycles. The van der Waals surface area contributed by atoms with Crippen molar-refractivity contribution in [2.75, 3.05) is 0 Å². The van der Waals surface area contributed by atoms with Gasteiger partial charge in [-0.3, -0.25) is 4.79 Å². The summed E-state index contributed by atoms with van der Waals surface area (Å²) in [4.78, 5) is 11.7. The van der Waals surface area contributed by atoms with E-state index < -0.39 is 0 Å². The maximum atomic E-state index is 11.7. The van der Waals surface area contributed by atoms with Gasteiger partial charge in [0.15, 0.2) is 0 Å². The van der Waals surface area contributed by atoms with Gasteiger partial charge in [-0.15, -0.1) is 6.42 Å². The van der Waals surface area contributed by atoms with E-state index in [-0.39, 0.29) is 17.4 Å². The Labute approximate surface area is 80.1 Å². The average molecular weight is 179 g/mol. The van der Waals surface area contributed by atoms with Crippen molar-refractivity contribution in [3.8, 4) is 12.3 Å². The van der Waals surface area contributed by atoms with Crippen LogP contribution in [0.1, 0.15) is 39.5 Å². The van der Waals surface area contributed by atoms with Gasteiger partial charge in [0.25, 0.3) is 0 Å². The average Bonchev–Trinajstić information content (AvgIpc) is 2.53. The third kappa shape index (κ3) is 2.24. The summed E-state index contributed by atoms with van der Waals surface area (Å²) in [5, 5.41) is 2.84. The Morgan fingerprint density at radius 3 is 2.54 bits per heavy atom. The molecule has 0 aromatic heterocycles. The van der Waals surface area contributed by atoms with Crippen molar-refractivity contribution in [2.24, 2.45) is 5.41 Å². The molecule has 1 aliphatic carbocycles. The van der Waals surface area contributed by atoms with Crippen molar-refractivity contribution in [1.82, 2.24) is 5.32 Å². The minimum Gasteiger partial charge on any atom is -0.342 e. The first-order valence-corrected chi connectivity index (χ1v) is 4.85. The minimum atomic E-state index is -0.162. The number of amides is 1. The number of carbonyl (C=O) groups is 1. The lowest BCUT2D eigenvalue weighted by atomic mass is 9.87. The number of terminal acetylenes is 1. The first-order valence-electron chi connectivity index (χ1n) is 4.85. The third-order valence-electron chi connectivity index (χ3n) is 2.85. The quantitative estimate of drug-likeness (QED) is 0.642. The Kier molecular flexibility index (Phi) is 2.98. The van der Waals surface area contributed by atoms with Gasteiger partial charge in [-0.25, -0.2) is 0 Å². The molecule has 1 fully saturated rings. The number of nitrogens with one attached hydrogen (secondary N) is 1. The first kappa shape index (κ1) is 10.1. The summed E-state index contributed by atoms with van der Waals surface area (Å²) >= 11 is 0. The van der Waals surface area contributed by atoms with Gasteiger partial charge in [0.1, 0.15) is 0 Å². The smallest absolute Gasteiger partial charge is 0.226 e. The third-order valence-corrected chi connectivity index (χ3v) is 2.85. The molecule has 72 valence electrons. The predicted molar refractivity (Wildman–Crippen MR) is 53.0 cm³/mol. The zero-order valence-corrected chi connectivity index (χ0v) is 8.39. The fraction of sp³-hybridized carbons (Fsp3) is 0.727. The molecule has 2 heteroatoms. The Morgan fingerprint density at radius 1 is 1.54 bits per heavy atom. The molecule has 0 aliphatic heterocycles. The second kappa shape index (κ2) is 3.83. The summed E-state index contributed by atoms with van der Waals surface area (Å²) in [6.07, 6.45) is 9.51. The Bertz CT molecular complexity index is 233. The van der Waals surface area contributed by atoms with E-state index in [0.29, 0.717) is 0 Å². The van der Waals surface area contributed by atoms with Crippen molar-refractivity contribution in [2.45, 2.75) is 45.6 Å². The van der Waals surface area contributed by atoms with Crippen LogP contribution >= 0.6 is 0 Å². The van der Waals surface area contributed by atoms with Gasteiger partial charge in [0, 0.05) is 5.41 Å². The van der Waals surface area contributed by atoms with E-state index in [1.165, 1.54) is 0 Å². The van der Waals surface area contributed by atoms with Crippen LogP contribution in [0.25, 0.3) is 0 Å². The number of rotatable bonds is 2.